The van der Waals surface area contributed by atoms with E-state index in [1.807, 2.05) is 30.3 Å². The van der Waals surface area contributed by atoms with Gasteiger partial charge in [-0.2, -0.15) is 4.72 Å². The van der Waals surface area contributed by atoms with Crippen LogP contribution in [0.1, 0.15) is 29.7 Å². The van der Waals surface area contributed by atoms with E-state index >= 15 is 0 Å². The van der Waals surface area contributed by atoms with Gasteiger partial charge in [-0.25, -0.2) is 4.21 Å². The average Bonchev–Trinajstić information content (AvgIpc) is 2.78. The molecule has 0 bridgehead atoms. The molecule has 9 heteroatoms. The van der Waals surface area contributed by atoms with Crippen molar-refractivity contribution in [2.75, 3.05) is 0 Å². The summed E-state index contributed by atoms with van der Waals surface area (Å²) < 4.78 is 24.1. The first-order chi connectivity index (χ1) is 14.8. The van der Waals surface area contributed by atoms with Crippen LogP contribution in [0.15, 0.2) is 84.9 Å². The first-order valence-corrected chi connectivity index (χ1v) is 10.5. The number of non-ortho nitro benzene ring substituents is 1. The van der Waals surface area contributed by atoms with Gasteiger partial charge in [-0.1, -0.05) is 60.7 Å². The molecule has 0 saturated heterocycles. The summed E-state index contributed by atoms with van der Waals surface area (Å²) in [6.07, 6.45) is 0. The summed E-state index contributed by atoms with van der Waals surface area (Å²) in [6.45, 7) is 1.80. The Morgan fingerprint density at radius 2 is 1.48 bits per heavy atom. The van der Waals surface area contributed by atoms with Gasteiger partial charge in [0, 0.05) is 12.1 Å². The molecule has 0 radical (unpaired) electrons. The van der Waals surface area contributed by atoms with E-state index in [1.165, 1.54) is 24.3 Å². The lowest BCUT2D eigenvalue weighted by Gasteiger charge is -2.34. The van der Waals surface area contributed by atoms with Crippen LogP contribution in [0.5, 0.6) is 0 Å². The Labute approximate surface area is 181 Å². The Kier molecular flexibility index (Phi) is 6.91. The molecule has 3 aromatic rings. The molecule has 0 aliphatic carbocycles. The molecule has 3 rings (SSSR count). The number of carbonyl (C=O) groups is 1. The van der Waals surface area contributed by atoms with Crippen molar-refractivity contribution in [2.45, 2.75) is 18.5 Å². The molecule has 0 fully saturated rings. The summed E-state index contributed by atoms with van der Waals surface area (Å²) >= 11 is -2.57. The van der Waals surface area contributed by atoms with Gasteiger partial charge in [-0.05, 0) is 35.7 Å². The van der Waals surface area contributed by atoms with Crippen LogP contribution in [0.4, 0.5) is 5.69 Å². The predicted molar refractivity (Wildman–Crippen MR) is 117 cm³/mol. The Morgan fingerprint density at radius 3 is 2.00 bits per heavy atom. The quantitative estimate of drug-likeness (QED) is 0.282. The second-order valence-corrected chi connectivity index (χ2v) is 7.58. The van der Waals surface area contributed by atoms with Crippen molar-refractivity contribution in [1.82, 2.24) is 10.0 Å². The van der Waals surface area contributed by atoms with Gasteiger partial charge in [0.1, 0.15) is 0 Å². The maximum absolute atomic E-state index is 13.7. The van der Waals surface area contributed by atoms with Gasteiger partial charge in [0.15, 0.2) is 5.54 Å². The zero-order chi connectivity index (χ0) is 22.4. The van der Waals surface area contributed by atoms with Crippen molar-refractivity contribution in [3.8, 4) is 0 Å². The first kappa shape index (κ1) is 22.3. The van der Waals surface area contributed by atoms with Crippen LogP contribution < -0.4 is 10.0 Å². The van der Waals surface area contributed by atoms with Crippen molar-refractivity contribution in [3.05, 3.63) is 112 Å². The van der Waals surface area contributed by atoms with Crippen molar-refractivity contribution in [1.29, 1.82) is 0 Å². The van der Waals surface area contributed by atoms with Crippen molar-refractivity contribution < 1.29 is 18.5 Å². The molecule has 0 aromatic heterocycles. The van der Waals surface area contributed by atoms with Crippen LogP contribution in [0.2, 0.25) is 0 Å². The fraction of sp³-hybridized carbons (Fsp3) is 0.136. The number of rotatable bonds is 8. The van der Waals surface area contributed by atoms with Gasteiger partial charge in [0.2, 0.25) is 11.3 Å². The van der Waals surface area contributed by atoms with Gasteiger partial charge in [-0.3, -0.25) is 19.5 Å². The standard InChI is InChI=1S/C22H21N3O5S/c1-16(17-8-4-2-5-9-17)23-21(26)22(24-31(29)30,18-10-6-3-7-11-18)19-12-14-20(15-13-19)25(27)28/h2-16,24H,1H3,(H,23,26)(H,29,30). The maximum Gasteiger partial charge on any atom is 0.269 e. The summed E-state index contributed by atoms with van der Waals surface area (Å²) in [4.78, 5) is 24.2. The van der Waals surface area contributed by atoms with E-state index in [1.54, 1.807) is 37.3 Å². The molecule has 31 heavy (non-hydrogen) atoms. The summed E-state index contributed by atoms with van der Waals surface area (Å²) in [5, 5.41) is 14.0. The number of nitro groups is 1. The lowest BCUT2D eigenvalue weighted by Crippen LogP contribution is -2.56. The zero-order valence-corrected chi connectivity index (χ0v) is 17.4. The minimum Gasteiger partial charge on any atom is -0.347 e. The molecule has 0 spiro atoms. The second kappa shape index (κ2) is 9.61. The molecule has 3 atom stereocenters. The van der Waals surface area contributed by atoms with Gasteiger partial charge >= 0.3 is 0 Å². The number of benzene rings is 3. The van der Waals surface area contributed by atoms with E-state index in [0.29, 0.717) is 5.56 Å². The molecule has 0 aliphatic heterocycles. The highest BCUT2D eigenvalue weighted by Crippen LogP contribution is 2.32. The van der Waals surface area contributed by atoms with Gasteiger partial charge in [-0.15, -0.1) is 0 Å². The Bertz CT molecular complexity index is 1080. The normalized spacial score (nSPS) is 14.8. The third kappa shape index (κ3) is 4.85. The maximum atomic E-state index is 13.7. The molecule has 3 N–H and O–H groups in total. The highest BCUT2D eigenvalue weighted by molar-refractivity contribution is 7.77. The summed E-state index contributed by atoms with van der Waals surface area (Å²) in [6, 6.07) is 22.6. The number of carbonyl (C=O) groups excluding carboxylic acids is 1. The van der Waals surface area contributed by atoms with Gasteiger partial charge < -0.3 is 5.32 Å². The van der Waals surface area contributed by atoms with Crippen LogP contribution in [0, 0.1) is 10.1 Å². The molecule has 3 unspecified atom stereocenters. The van der Waals surface area contributed by atoms with Crippen LogP contribution in [-0.2, 0) is 21.6 Å². The minimum atomic E-state index is -2.57. The lowest BCUT2D eigenvalue weighted by atomic mass is 9.82. The fourth-order valence-electron chi connectivity index (χ4n) is 3.38. The Balaban J connectivity index is 2.12. The van der Waals surface area contributed by atoms with E-state index in [0.717, 1.165) is 5.56 Å². The number of amides is 1. The third-order valence-electron chi connectivity index (χ3n) is 4.95. The number of nitrogens with zero attached hydrogens (tertiary/aromatic N) is 1. The number of nitrogens with one attached hydrogen (secondary N) is 2. The van der Waals surface area contributed by atoms with Crippen molar-refractivity contribution in [3.63, 3.8) is 0 Å². The minimum absolute atomic E-state index is 0.158. The largest absolute Gasteiger partial charge is 0.347 e. The summed E-state index contributed by atoms with van der Waals surface area (Å²) in [5.41, 5.74) is -0.382. The van der Waals surface area contributed by atoms with Gasteiger partial charge in [0.25, 0.3) is 11.6 Å². The van der Waals surface area contributed by atoms with Crippen LogP contribution in [0.25, 0.3) is 0 Å². The van der Waals surface area contributed by atoms with Crippen LogP contribution >= 0.6 is 0 Å². The predicted octanol–water partition coefficient (Wildman–Crippen LogP) is 3.44. The zero-order valence-electron chi connectivity index (χ0n) is 16.6. The molecular weight excluding hydrogens is 418 g/mol. The monoisotopic (exact) mass is 439 g/mol. The van der Waals surface area contributed by atoms with E-state index in [9.17, 15) is 23.7 Å². The molecule has 3 aromatic carbocycles. The van der Waals surface area contributed by atoms with E-state index in [2.05, 4.69) is 10.0 Å². The summed E-state index contributed by atoms with van der Waals surface area (Å²) in [5.74, 6) is -0.577. The third-order valence-corrected chi connectivity index (χ3v) is 5.43. The highest BCUT2D eigenvalue weighted by Gasteiger charge is 2.44. The van der Waals surface area contributed by atoms with E-state index in [-0.39, 0.29) is 11.3 Å². The first-order valence-electron chi connectivity index (χ1n) is 9.39. The molecule has 160 valence electrons. The molecule has 8 nitrogen and oxygen atoms in total. The smallest absolute Gasteiger partial charge is 0.269 e. The second-order valence-electron chi connectivity index (χ2n) is 6.88. The Hall–Kier alpha value is -3.40. The average molecular weight is 439 g/mol. The van der Waals surface area contributed by atoms with Crippen LogP contribution in [-0.4, -0.2) is 19.6 Å². The fourth-order valence-corrected chi connectivity index (χ4v) is 3.97. The van der Waals surface area contributed by atoms with Crippen molar-refractivity contribution in [2.24, 2.45) is 0 Å². The molecule has 0 saturated carbocycles. The Morgan fingerprint density at radius 1 is 0.968 bits per heavy atom. The number of hydrogen-bond acceptors (Lipinski definition) is 4. The van der Waals surface area contributed by atoms with E-state index < -0.39 is 33.7 Å². The highest BCUT2D eigenvalue weighted by atomic mass is 32.2. The van der Waals surface area contributed by atoms with Crippen molar-refractivity contribution >= 4 is 22.9 Å². The molecule has 1 amide bonds. The number of nitro benzene ring substituents is 1. The van der Waals surface area contributed by atoms with E-state index in [4.69, 9.17) is 0 Å². The van der Waals surface area contributed by atoms with Gasteiger partial charge in [0.05, 0.1) is 11.0 Å². The molecule has 0 aliphatic rings. The topological polar surface area (TPSA) is 122 Å². The summed E-state index contributed by atoms with van der Waals surface area (Å²) in [7, 11) is 0. The number of hydrogen-bond donors (Lipinski definition) is 3. The lowest BCUT2D eigenvalue weighted by molar-refractivity contribution is -0.384. The molecular formula is C22H21N3O5S. The SMILES string of the molecule is CC(NC(=O)C(NS(=O)O)(c1ccccc1)c1ccc([N+](=O)[O-])cc1)c1ccccc1. The van der Waals surface area contributed by atoms with Crippen LogP contribution in [0.3, 0.4) is 0 Å². The molecule has 0 heterocycles.